The highest BCUT2D eigenvalue weighted by Crippen LogP contribution is 2.38. The predicted octanol–water partition coefficient (Wildman–Crippen LogP) is 15.1. The molecule has 0 bridgehead atoms. The monoisotopic (exact) mass is 753 g/mol. The topological polar surface area (TPSA) is 29.0 Å². The zero-order valence-corrected chi connectivity index (χ0v) is 32.4. The first kappa shape index (κ1) is 35.5. The van der Waals surface area contributed by atoms with Crippen molar-refractivity contribution in [2.45, 2.75) is 0 Å². The molecule has 10 aromatic rings. The average molecular weight is 754 g/mol. The third-order valence-electron chi connectivity index (χ3n) is 10.9. The highest BCUT2D eigenvalue weighted by atomic mass is 15.1. The average Bonchev–Trinajstić information content (AvgIpc) is 3.33. The van der Waals surface area contributed by atoms with Crippen LogP contribution in [0.2, 0.25) is 0 Å². The molecule has 0 N–H and O–H groups in total. The number of benzene rings is 9. The smallest absolute Gasteiger partial charge is 0.160 e. The van der Waals surface area contributed by atoms with Crippen LogP contribution in [0.4, 0.5) is 17.1 Å². The first-order valence-electron chi connectivity index (χ1n) is 20.0. The molecule has 3 heteroatoms. The van der Waals surface area contributed by atoms with E-state index in [-0.39, 0.29) is 0 Å². The molecule has 278 valence electrons. The third kappa shape index (κ3) is 7.41. The largest absolute Gasteiger partial charge is 0.311 e. The fourth-order valence-electron chi connectivity index (χ4n) is 7.85. The maximum atomic E-state index is 5.10. The Bertz CT molecular complexity index is 2980. The van der Waals surface area contributed by atoms with Gasteiger partial charge in [0.1, 0.15) is 0 Å². The minimum atomic E-state index is 0.709. The molecular formula is C56H39N3. The Labute approximate surface area is 345 Å². The van der Waals surface area contributed by atoms with Gasteiger partial charge in [0.15, 0.2) is 5.82 Å². The summed E-state index contributed by atoms with van der Waals surface area (Å²) in [6.07, 6.45) is 0. The minimum absolute atomic E-state index is 0.709. The van der Waals surface area contributed by atoms with Crippen molar-refractivity contribution >= 4 is 27.8 Å². The van der Waals surface area contributed by atoms with Gasteiger partial charge < -0.3 is 4.90 Å². The molecule has 0 atom stereocenters. The molecule has 9 aromatic carbocycles. The Morgan fingerprint density at radius 3 is 1.22 bits per heavy atom. The van der Waals surface area contributed by atoms with Gasteiger partial charge in [-0.3, -0.25) is 0 Å². The lowest BCUT2D eigenvalue weighted by atomic mass is 9.99. The first-order valence-corrected chi connectivity index (χ1v) is 20.0. The summed E-state index contributed by atoms with van der Waals surface area (Å²) in [6, 6.07) is 83.5. The normalized spacial score (nSPS) is 11.1. The van der Waals surface area contributed by atoms with Gasteiger partial charge in [0.25, 0.3) is 0 Å². The van der Waals surface area contributed by atoms with Crippen LogP contribution in [0.1, 0.15) is 0 Å². The van der Waals surface area contributed by atoms with Crippen molar-refractivity contribution < 1.29 is 0 Å². The van der Waals surface area contributed by atoms with Crippen LogP contribution in [0, 0.1) is 0 Å². The van der Waals surface area contributed by atoms with E-state index in [1.807, 2.05) is 18.2 Å². The highest BCUT2D eigenvalue weighted by molar-refractivity contribution is 5.96. The van der Waals surface area contributed by atoms with Crippen LogP contribution in [-0.4, -0.2) is 9.97 Å². The van der Waals surface area contributed by atoms with E-state index in [4.69, 9.17) is 9.97 Å². The Kier molecular flexibility index (Phi) is 9.59. The lowest BCUT2D eigenvalue weighted by Gasteiger charge is -2.26. The maximum Gasteiger partial charge on any atom is 0.160 e. The van der Waals surface area contributed by atoms with E-state index in [9.17, 15) is 0 Å². The lowest BCUT2D eigenvalue weighted by Crippen LogP contribution is -2.09. The van der Waals surface area contributed by atoms with Crippen LogP contribution >= 0.6 is 0 Å². The van der Waals surface area contributed by atoms with Crippen LogP contribution in [0.15, 0.2) is 237 Å². The molecule has 10 rings (SSSR count). The van der Waals surface area contributed by atoms with Crippen molar-refractivity contribution in [1.82, 2.24) is 9.97 Å². The highest BCUT2D eigenvalue weighted by Gasteiger charge is 2.15. The molecule has 0 aliphatic heterocycles. The second-order valence-electron chi connectivity index (χ2n) is 14.6. The molecule has 0 aliphatic carbocycles. The Morgan fingerprint density at radius 2 is 0.661 bits per heavy atom. The fraction of sp³-hybridized carbons (Fsp3) is 0. The Hall–Kier alpha value is -7.88. The summed E-state index contributed by atoms with van der Waals surface area (Å²) in [5.41, 5.74) is 15.3. The van der Waals surface area contributed by atoms with E-state index in [0.717, 1.165) is 56.3 Å². The maximum absolute atomic E-state index is 5.10. The molecule has 0 saturated carbocycles. The minimum Gasteiger partial charge on any atom is -0.311 e. The van der Waals surface area contributed by atoms with Gasteiger partial charge in [-0.25, -0.2) is 9.97 Å². The van der Waals surface area contributed by atoms with Crippen molar-refractivity contribution in [3.8, 4) is 67.3 Å². The summed E-state index contributed by atoms with van der Waals surface area (Å²) < 4.78 is 0. The van der Waals surface area contributed by atoms with E-state index in [0.29, 0.717) is 5.82 Å². The lowest BCUT2D eigenvalue weighted by molar-refractivity contribution is 1.18. The van der Waals surface area contributed by atoms with Gasteiger partial charge >= 0.3 is 0 Å². The van der Waals surface area contributed by atoms with Gasteiger partial charge in [-0.15, -0.1) is 0 Å². The van der Waals surface area contributed by atoms with Gasteiger partial charge in [-0.1, -0.05) is 194 Å². The van der Waals surface area contributed by atoms with Gasteiger partial charge in [-0.2, -0.15) is 0 Å². The molecule has 0 aliphatic rings. The summed E-state index contributed by atoms with van der Waals surface area (Å²) in [4.78, 5) is 12.5. The predicted molar refractivity (Wildman–Crippen MR) is 247 cm³/mol. The molecule has 0 unspecified atom stereocenters. The second kappa shape index (κ2) is 15.9. The van der Waals surface area contributed by atoms with Gasteiger partial charge in [-0.05, 0) is 86.6 Å². The third-order valence-corrected chi connectivity index (χ3v) is 10.9. The molecule has 0 amide bonds. The second-order valence-corrected chi connectivity index (χ2v) is 14.6. The van der Waals surface area contributed by atoms with Crippen LogP contribution in [0.3, 0.4) is 0 Å². The number of aromatic nitrogens is 2. The molecule has 1 heterocycles. The van der Waals surface area contributed by atoms with E-state index >= 15 is 0 Å². The van der Waals surface area contributed by atoms with Crippen molar-refractivity contribution in [2.75, 3.05) is 4.90 Å². The van der Waals surface area contributed by atoms with Crippen LogP contribution in [0.5, 0.6) is 0 Å². The fourth-order valence-corrected chi connectivity index (χ4v) is 7.85. The van der Waals surface area contributed by atoms with Crippen LogP contribution in [-0.2, 0) is 0 Å². The summed E-state index contributed by atoms with van der Waals surface area (Å²) in [7, 11) is 0. The standard InChI is InChI=1S/C56H39N3/c1-4-13-40(14-5-1)41-23-25-42(26-24-41)44-31-35-50(36-32-44)59(49-19-8-3-9-20-49)51-37-33-45(34-38-51)43-27-29-47(30-28-43)54-39-55(58-56(57-54)48-16-6-2-7-17-48)53-22-12-18-46-15-10-11-21-52(46)53/h1-39H. The molecule has 59 heavy (non-hydrogen) atoms. The number of hydrogen-bond donors (Lipinski definition) is 0. The van der Waals surface area contributed by atoms with Gasteiger partial charge in [0.05, 0.1) is 11.4 Å². The quantitative estimate of drug-likeness (QED) is 0.147. The van der Waals surface area contributed by atoms with E-state index in [2.05, 4.69) is 223 Å². The summed E-state index contributed by atoms with van der Waals surface area (Å²) in [5.74, 6) is 0.709. The van der Waals surface area contributed by atoms with Crippen molar-refractivity contribution in [1.29, 1.82) is 0 Å². The summed E-state index contributed by atoms with van der Waals surface area (Å²) in [5, 5.41) is 2.36. The van der Waals surface area contributed by atoms with Crippen molar-refractivity contribution in [2.24, 2.45) is 0 Å². The molecule has 0 fully saturated rings. The van der Waals surface area contributed by atoms with Crippen molar-refractivity contribution in [3.05, 3.63) is 237 Å². The van der Waals surface area contributed by atoms with E-state index in [1.165, 1.54) is 33.0 Å². The summed E-state index contributed by atoms with van der Waals surface area (Å²) >= 11 is 0. The zero-order chi connectivity index (χ0) is 39.4. The Balaban J connectivity index is 0.936. The SMILES string of the molecule is c1ccc(-c2ccc(-c3ccc(N(c4ccccc4)c4ccc(-c5ccc(-c6cc(-c7cccc8ccccc78)nc(-c7ccccc7)n6)cc5)cc4)cc3)cc2)cc1. The number of para-hydroxylation sites is 1. The van der Waals surface area contributed by atoms with Crippen LogP contribution in [0.25, 0.3) is 78.1 Å². The van der Waals surface area contributed by atoms with E-state index in [1.54, 1.807) is 0 Å². The molecule has 1 aromatic heterocycles. The number of nitrogens with zero attached hydrogens (tertiary/aromatic N) is 3. The van der Waals surface area contributed by atoms with Crippen LogP contribution < -0.4 is 4.90 Å². The number of rotatable bonds is 9. The number of fused-ring (bicyclic) bond motifs is 1. The van der Waals surface area contributed by atoms with Gasteiger partial charge in [0.2, 0.25) is 0 Å². The molecule has 0 radical (unpaired) electrons. The molecular weight excluding hydrogens is 715 g/mol. The van der Waals surface area contributed by atoms with Gasteiger partial charge in [0, 0.05) is 33.8 Å². The van der Waals surface area contributed by atoms with E-state index < -0.39 is 0 Å². The molecule has 3 nitrogen and oxygen atoms in total. The zero-order valence-electron chi connectivity index (χ0n) is 32.4. The molecule has 0 spiro atoms. The van der Waals surface area contributed by atoms with Crippen molar-refractivity contribution in [3.63, 3.8) is 0 Å². The summed E-state index contributed by atoms with van der Waals surface area (Å²) in [6.45, 7) is 0. The molecule has 0 saturated heterocycles. The number of hydrogen-bond acceptors (Lipinski definition) is 3. The first-order chi connectivity index (χ1) is 29.2. The number of anilines is 3. The Morgan fingerprint density at radius 1 is 0.271 bits per heavy atom.